The number of hydrogen-bond acceptors (Lipinski definition) is 2. The van der Waals surface area contributed by atoms with Gasteiger partial charge in [-0.1, -0.05) is 13.0 Å². The number of aromatic nitrogens is 2. The molecule has 0 saturated heterocycles. The molecule has 3 nitrogen and oxygen atoms in total. The smallest absolute Gasteiger partial charge is 0.403 e. The Morgan fingerprint density at radius 1 is 1.12 bits per heavy atom. The molecule has 3 rings (SSSR count). The fraction of sp³-hybridized carbons (Fsp3) is 0.235. The molecule has 0 saturated carbocycles. The van der Waals surface area contributed by atoms with E-state index in [2.05, 4.69) is 14.7 Å². The van der Waals surface area contributed by atoms with E-state index >= 15 is 0 Å². The number of rotatable bonds is 4. The monoisotopic (exact) mass is 356 g/mol. The molecule has 1 N–H and O–H groups in total. The van der Waals surface area contributed by atoms with Crippen LogP contribution in [0.2, 0.25) is 0 Å². The summed E-state index contributed by atoms with van der Waals surface area (Å²) in [6.45, 7) is 1.83. The number of nitrogens with zero attached hydrogens (tertiary/aromatic N) is 1. The van der Waals surface area contributed by atoms with Crippen LogP contribution in [0.15, 0.2) is 36.4 Å². The average Bonchev–Trinajstić information content (AvgIpc) is 2.92. The van der Waals surface area contributed by atoms with E-state index in [1.54, 1.807) is 0 Å². The van der Waals surface area contributed by atoms with Crippen molar-refractivity contribution in [1.29, 1.82) is 0 Å². The maximum Gasteiger partial charge on any atom is 0.573 e. The number of halogens is 5. The zero-order valence-corrected chi connectivity index (χ0v) is 13.0. The van der Waals surface area contributed by atoms with Gasteiger partial charge in [0.2, 0.25) is 0 Å². The standard InChI is InChI=1S/C17H13F5N2O/c1-2-11(16-23-13-5-4-10(18)8-14(13)24-16)9-3-6-15(12(19)7-9)25-17(20,21)22/h3-8,11H,2H2,1H3,(H,23,24). The lowest BCUT2D eigenvalue weighted by Gasteiger charge is -2.15. The SMILES string of the molecule is CCC(c1ccc(OC(F)(F)F)c(F)c1)c1nc2ccc(F)cc2[nH]1. The number of alkyl halides is 3. The van der Waals surface area contributed by atoms with E-state index in [1.807, 2.05) is 6.92 Å². The van der Waals surface area contributed by atoms with Crippen molar-refractivity contribution in [3.05, 3.63) is 59.4 Å². The number of ether oxygens (including phenoxy) is 1. The van der Waals surface area contributed by atoms with Gasteiger partial charge in [-0.2, -0.15) is 0 Å². The van der Waals surface area contributed by atoms with E-state index in [0.717, 1.165) is 12.1 Å². The van der Waals surface area contributed by atoms with Crippen LogP contribution in [0.25, 0.3) is 11.0 Å². The van der Waals surface area contributed by atoms with Crippen LogP contribution in [-0.2, 0) is 0 Å². The fourth-order valence-corrected chi connectivity index (χ4v) is 2.69. The van der Waals surface area contributed by atoms with Gasteiger partial charge < -0.3 is 9.72 Å². The number of nitrogens with one attached hydrogen (secondary N) is 1. The number of benzene rings is 2. The van der Waals surface area contributed by atoms with Crippen molar-refractivity contribution in [2.24, 2.45) is 0 Å². The minimum absolute atomic E-state index is 0.384. The number of H-pyrrole nitrogens is 1. The van der Waals surface area contributed by atoms with Crippen molar-refractivity contribution < 1.29 is 26.7 Å². The Morgan fingerprint density at radius 2 is 1.88 bits per heavy atom. The number of fused-ring (bicyclic) bond motifs is 1. The van der Waals surface area contributed by atoms with Gasteiger partial charge in [-0.3, -0.25) is 0 Å². The van der Waals surface area contributed by atoms with Crippen LogP contribution in [0.1, 0.15) is 30.7 Å². The molecule has 1 unspecified atom stereocenters. The van der Waals surface area contributed by atoms with Crippen molar-refractivity contribution in [3.63, 3.8) is 0 Å². The van der Waals surface area contributed by atoms with Crippen LogP contribution in [0.5, 0.6) is 5.75 Å². The van der Waals surface area contributed by atoms with Gasteiger partial charge in [0.25, 0.3) is 0 Å². The van der Waals surface area contributed by atoms with Crippen LogP contribution >= 0.6 is 0 Å². The van der Waals surface area contributed by atoms with Crippen LogP contribution in [0.3, 0.4) is 0 Å². The zero-order valence-electron chi connectivity index (χ0n) is 13.0. The molecule has 0 aliphatic carbocycles. The first kappa shape index (κ1) is 17.2. The third kappa shape index (κ3) is 3.72. The van der Waals surface area contributed by atoms with Gasteiger partial charge in [0, 0.05) is 5.92 Å². The first-order valence-electron chi connectivity index (χ1n) is 7.47. The van der Waals surface area contributed by atoms with Crippen molar-refractivity contribution in [3.8, 4) is 5.75 Å². The molecule has 0 aliphatic rings. The highest BCUT2D eigenvalue weighted by Crippen LogP contribution is 2.32. The van der Waals surface area contributed by atoms with Crippen molar-refractivity contribution >= 4 is 11.0 Å². The largest absolute Gasteiger partial charge is 0.573 e. The van der Waals surface area contributed by atoms with Crippen LogP contribution < -0.4 is 4.74 Å². The number of aromatic amines is 1. The average molecular weight is 356 g/mol. The number of imidazole rings is 1. The lowest BCUT2D eigenvalue weighted by atomic mass is 9.95. The molecule has 132 valence electrons. The Labute approximate surface area is 139 Å². The summed E-state index contributed by atoms with van der Waals surface area (Å²) in [5, 5.41) is 0. The summed E-state index contributed by atoms with van der Waals surface area (Å²) >= 11 is 0. The van der Waals surface area contributed by atoms with Gasteiger partial charge in [-0.05, 0) is 42.3 Å². The molecule has 0 spiro atoms. The van der Waals surface area contributed by atoms with Gasteiger partial charge in [0.15, 0.2) is 11.6 Å². The van der Waals surface area contributed by atoms with E-state index in [9.17, 15) is 22.0 Å². The minimum Gasteiger partial charge on any atom is -0.403 e. The molecule has 8 heteroatoms. The predicted molar refractivity (Wildman–Crippen MR) is 81.3 cm³/mol. The summed E-state index contributed by atoms with van der Waals surface area (Å²) in [7, 11) is 0. The molecule has 0 radical (unpaired) electrons. The minimum atomic E-state index is -4.96. The Bertz CT molecular complexity index is 904. The highest BCUT2D eigenvalue weighted by Gasteiger charge is 2.32. The molecule has 0 amide bonds. The second-order valence-corrected chi connectivity index (χ2v) is 5.48. The molecule has 1 heterocycles. The highest BCUT2D eigenvalue weighted by molar-refractivity contribution is 5.75. The lowest BCUT2D eigenvalue weighted by molar-refractivity contribution is -0.275. The maximum atomic E-state index is 13.9. The van der Waals surface area contributed by atoms with Crippen molar-refractivity contribution in [2.45, 2.75) is 25.6 Å². The van der Waals surface area contributed by atoms with E-state index in [-0.39, 0.29) is 5.92 Å². The summed E-state index contributed by atoms with van der Waals surface area (Å²) in [4.78, 5) is 7.33. The Kier molecular flexibility index (Phi) is 4.36. The Morgan fingerprint density at radius 3 is 2.52 bits per heavy atom. The van der Waals surface area contributed by atoms with Gasteiger partial charge in [0.05, 0.1) is 11.0 Å². The van der Waals surface area contributed by atoms with Crippen LogP contribution in [0.4, 0.5) is 22.0 Å². The second kappa shape index (κ2) is 6.34. The van der Waals surface area contributed by atoms with Gasteiger partial charge in [-0.25, -0.2) is 13.8 Å². The normalized spacial score (nSPS) is 13.2. The topological polar surface area (TPSA) is 37.9 Å². The predicted octanol–water partition coefficient (Wildman–Crippen LogP) is 5.28. The van der Waals surface area contributed by atoms with Crippen molar-refractivity contribution in [1.82, 2.24) is 9.97 Å². The Hall–Kier alpha value is -2.64. The highest BCUT2D eigenvalue weighted by atomic mass is 19.4. The maximum absolute atomic E-state index is 13.9. The van der Waals surface area contributed by atoms with E-state index in [4.69, 9.17) is 0 Å². The molecule has 1 atom stereocenters. The fourth-order valence-electron chi connectivity index (χ4n) is 2.69. The molecule has 2 aromatic carbocycles. The quantitative estimate of drug-likeness (QED) is 0.646. The molecule has 1 aromatic heterocycles. The number of hydrogen-bond donors (Lipinski definition) is 1. The molecule has 0 aliphatic heterocycles. The van der Waals surface area contributed by atoms with E-state index in [0.29, 0.717) is 28.8 Å². The first-order chi connectivity index (χ1) is 11.8. The summed E-state index contributed by atoms with van der Waals surface area (Å²) in [6.07, 6.45) is -4.45. The molecular weight excluding hydrogens is 343 g/mol. The van der Waals surface area contributed by atoms with E-state index in [1.165, 1.54) is 24.3 Å². The summed E-state index contributed by atoms with van der Waals surface area (Å²) in [6, 6.07) is 7.35. The van der Waals surface area contributed by atoms with Gasteiger partial charge >= 0.3 is 6.36 Å². The third-order valence-corrected chi connectivity index (χ3v) is 3.78. The molecule has 25 heavy (non-hydrogen) atoms. The molecule has 3 aromatic rings. The molecule has 0 bridgehead atoms. The van der Waals surface area contributed by atoms with E-state index < -0.39 is 23.7 Å². The van der Waals surface area contributed by atoms with Gasteiger partial charge in [0.1, 0.15) is 11.6 Å². The third-order valence-electron chi connectivity index (χ3n) is 3.78. The lowest BCUT2D eigenvalue weighted by Crippen LogP contribution is -2.18. The molecule has 0 fully saturated rings. The molecular formula is C17H13F5N2O. The Balaban J connectivity index is 1.95. The summed E-state index contributed by atoms with van der Waals surface area (Å²) < 4.78 is 67.5. The summed E-state index contributed by atoms with van der Waals surface area (Å²) in [5.74, 6) is -2.33. The van der Waals surface area contributed by atoms with Gasteiger partial charge in [-0.15, -0.1) is 13.2 Å². The van der Waals surface area contributed by atoms with Crippen LogP contribution in [0, 0.1) is 11.6 Å². The van der Waals surface area contributed by atoms with Crippen molar-refractivity contribution in [2.75, 3.05) is 0 Å². The zero-order chi connectivity index (χ0) is 18.2. The van der Waals surface area contributed by atoms with Crippen LogP contribution in [-0.4, -0.2) is 16.3 Å². The first-order valence-corrected chi connectivity index (χ1v) is 7.47. The second-order valence-electron chi connectivity index (χ2n) is 5.48. The summed E-state index contributed by atoms with van der Waals surface area (Å²) in [5.41, 5.74) is 1.48.